The predicted molar refractivity (Wildman–Crippen MR) is 105 cm³/mol. The van der Waals surface area contributed by atoms with Gasteiger partial charge in [0.25, 0.3) is 0 Å². The van der Waals surface area contributed by atoms with Crippen molar-refractivity contribution in [2.45, 2.75) is 32.4 Å². The molecule has 0 amide bonds. The Morgan fingerprint density at radius 2 is 1.79 bits per heavy atom. The molecule has 29 heavy (non-hydrogen) atoms. The lowest BCUT2D eigenvalue weighted by molar-refractivity contribution is -0.107. The molecule has 0 unspecified atom stereocenters. The number of hydrogen-bond acceptors (Lipinski definition) is 7. The Balaban J connectivity index is 0.000000224. The lowest BCUT2D eigenvalue weighted by Gasteiger charge is -2.40. The van der Waals surface area contributed by atoms with Crippen LogP contribution in [0.25, 0.3) is 0 Å². The zero-order valence-corrected chi connectivity index (χ0v) is 16.6. The van der Waals surface area contributed by atoms with E-state index in [4.69, 9.17) is 9.15 Å². The average Bonchev–Trinajstić information content (AvgIpc) is 3.12. The number of likely N-dealkylation sites (tertiary alicyclic amines) is 1. The normalized spacial score (nSPS) is 15.9. The first-order valence-electron chi connectivity index (χ1n) is 9.43. The number of hydrogen-bond donors (Lipinski definition) is 0. The van der Waals surface area contributed by atoms with Crippen molar-refractivity contribution in [2.24, 2.45) is 0 Å². The Hall–Kier alpha value is -2.90. The number of rotatable bonds is 5. The molecular weight excluding hydrogens is 374 g/mol. The van der Waals surface area contributed by atoms with Gasteiger partial charge in [-0.25, -0.2) is 0 Å². The van der Waals surface area contributed by atoms with Gasteiger partial charge >= 0.3 is 0 Å². The highest BCUT2D eigenvalue weighted by Gasteiger charge is 2.34. The Morgan fingerprint density at radius 1 is 1.17 bits per heavy atom. The maximum absolute atomic E-state index is 12.3. The molecule has 1 aliphatic carbocycles. The molecule has 4 rings (SSSR count). The molecule has 2 aromatic rings. The molecular formula is C22H23NO6. The molecule has 1 aromatic heterocycles. The van der Waals surface area contributed by atoms with Gasteiger partial charge in [-0.1, -0.05) is 24.3 Å². The van der Waals surface area contributed by atoms with E-state index in [-0.39, 0.29) is 34.9 Å². The lowest BCUT2D eigenvalue weighted by atomic mass is 9.88. The minimum atomic E-state index is -0.556. The van der Waals surface area contributed by atoms with Crippen molar-refractivity contribution < 1.29 is 28.3 Å². The quantitative estimate of drug-likeness (QED) is 0.371. The van der Waals surface area contributed by atoms with Crippen LogP contribution in [0.5, 0.6) is 0 Å². The van der Waals surface area contributed by atoms with Crippen LogP contribution < -0.4 is 0 Å². The van der Waals surface area contributed by atoms with Crippen molar-refractivity contribution in [3.63, 3.8) is 0 Å². The van der Waals surface area contributed by atoms with Gasteiger partial charge < -0.3 is 13.9 Å². The Labute approximate surface area is 168 Å². The minimum absolute atomic E-state index is 0.0722. The summed E-state index contributed by atoms with van der Waals surface area (Å²) in [7, 11) is 1.78. The summed E-state index contributed by atoms with van der Waals surface area (Å²) >= 11 is 0. The molecule has 0 saturated carbocycles. The first-order chi connectivity index (χ1) is 13.9. The fourth-order valence-corrected chi connectivity index (χ4v) is 3.23. The highest BCUT2D eigenvalue weighted by atomic mass is 16.5. The molecule has 7 nitrogen and oxygen atoms in total. The molecule has 0 atom stereocenters. The van der Waals surface area contributed by atoms with Gasteiger partial charge in [0.2, 0.25) is 11.6 Å². The number of ketones is 3. The molecule has 0 spiro atoms. The minimum Gasteiger partial charge on any atom is -0.449 e. The number of aldehydes is 1. The van der Waals surface area contributed by atoms with Crippen LogP contribution in [0.3, 0.4) is 0 Å². The maximum Gasteiger partial charge on any atom is 0.229 e. The Morgan fingerprint density at radius 3 is 2.34 bits per heavy atom. The van der Waals surface area contributed by atoms with Crippen LogP contribution in [0.1, 0.15) is 62.9 Å². The first-order valence-corrected chi connectivity index (χ1v) is 9.43. The zero-order valence-electron chi connectivity index (χ0n) is 16.6. The van der Waals surface area contributed by atoms with Crippen LogP contribution in [0.2, 0.25) is 0 Å². The van der Waals surface area contributed by atoms with E-state index < -0.39 is 11.6 Å². The van der Waals surface area contributed by atoms with Gasteiger partial charge in [0.1, 0.15) is 6.29 Å². The Kier molecular flexibility index (Phi) is 6.20. The molecule has 7 heteroatoms. The summed E-state index contributed by atoms with van der Waals surface area (Å²) in [5, 5.41) is 0. The molecule has 1 fully saturated rings. The molecule has 152 valence electrons. The number of fused-ring (bicyclic) bond motifs is 2. The number of carbonyl (C=O) groups is 4. The van der Waals surface area contributed by atoms with Crippen molar-refractivity contribution in [3.8, 4) is 0 Å². The first kappa shape index (κ1) is 20.8. The monoisotopic (exact) mass is 397 g/mol. The van der Waals surface area contributed by atoms with E-state index in [0.29, 0.717) is 24.0 Å². The molecule has 1 saturated heterocycles. The summed E-state index contributed by atoms with van der Waals surface area (Å²) < 4.78 is 10.3. The van der Waals surface area contributed by atoms with Crippen molar-refractivity contribution >= 4 is 23.6 Å². The third-order valence-corrected chi connectivity index (χ3v) is 5.08. The smallest absolute Gasteiger partial charge is 0.229 e. The SMILES string of the molecule is COC1CN(C(C)C)C1.O=CCC(=O)c1cc2c(o1)C(=O)c1ccccc1C2=O. The predicted octanol–water partition coefficient (Wildman–Crippen LogP) is 2.55. The fourth-order valence-electron chi connectivity index (χ4n) is 3.23. The van der Waals surface area contributed by atoms with Gasteiger partial charge in [0, 0.05) is 37.4 Å². The average molecular weight is 397 g/mol. The van der Waals surface area contributed by atoms with Crippen molar-refractivity contribution in [2.75, 3.05) is 20.2 Å². The second-order valence-corrected chi connectivity index (χ2v) is 7.26. The summed E-state index contributed by atoms with van der Waals surface area (Å²) in [6.07, 6.45) is 0.608. The summed E-state index contributed by atoms with van der Waals surface area (Å²) in [4.78, 5) is 48.8. The van der Waals surface area contributed by atoms with Gasteiger partial charge in [0.15, 0.2) is 17.3 Å². The molecule has 2 aliphatic rings. The van der Waals surface area contributed by atoms with E-state index in [1.54, 1.807) is 25.3 Å². The number of nitrogens with zero attached hydrogens (tertiary/aromatic N) is 1. The van der Waals surface area contributed by atoms with Gasteiger partial charge in [-0.05, 0) is 19.9 Å². The number of methoxy groups -OCH3 is 1. The fraction of sp³-hybridized carbons (Fsp3) is 0.364. The van der Waals surface area contributed by atoms with Crippen LogP contribution in [-0.2, 0) is 9.53 Å². The second kappa shape index (κ2) is 8.63. The maximum atomic E-state index is 12.3. The van der Waals surface area contributed by atoms with Crippen LogP contribution in [-0.4, -0.2) is 60.9 Å². The summed E-state index contributed by atoms with van der Waals surface area (Å²) in [5.41, 5.74) is 0.622. The van der Waals surface area contributed by atoms with E-state index >= 15 is 0 Å². The van der Waals surface area contributed by atoms with E-state index in [0.717, 1.165) is 13.1 Å². The summed E-state index contributed by atoms with van der Waals surface area (Å²) in [6.45, 7) is 6.67. The molecule has 1 aliphatic heterocycles. The van der Waals surface area contributed by atoms with Gasteiger partial charge in [-0.3, -0.25) is 19.3 Å². The van der Waals surface area contributed by atoms with Gasteiger partial charge in [0.05, 0.1) is 18.1 Å². The molecule has 1 aromatic carbocycles. The molecule has 0 N–H and O–H groups in total. The van der Waals surface area contributed by atoms with Crippen LogP contribution in [0.15, 0.2) is 34.7 Å². The van der Waals surface area contributed by atoms with Crippen LogP contribution in [0, 0.1) is 0 Å². The van der Waals surface area contributed by atoms with Crippen molar-refractivity contribution in [1.82, 2.24) is 4.90 Å². The highest BCUT2D eigenvalue weighted by Crippen LogP contribution is 2.29. The molecule has 2 heterocycles. The van der Waals surface area contributed by atoms with Crippen LogP contribution in [0.4, 0.5) is 0 Å². The van der Waals surface area contributed by atoms with Gasteiger partial charge in [-0.2, -0.15) is 0 Å². The van der Waals surface area contributed by atoms with Crippen LogP contribution >= 0.6 is 0 Å². The number of ether oxygens (including phenoxy) is 1. The van der Waals surface area contributed by atoms with E-state index in [1.165, 1.54) is 12.1 Å². The van der Waals surface area contributed by atoms with E-state index in [9.17, 15) is 19.2 Å². The number of carbonyl (C=O) groups excluding carboxylic acids is 4. The highest BCUT2D eigenvalue weighted by molar-refractivity contribution is 6.27. The molecule has 0 radical (unpaired) electrons. The largest absolute Gasteiger partial charge is 0.449 e. The summed E-state index contributed by atoms with van der Waals surface area (Å²) in [6, 6.07) is 8.32. The second-order valence-electron chi connectivity index (χ2n) is 7.26. The number of benzene rings is 1. The van der Waals surface area contributed by atoms with Crippen molar-refractivity contribution in [1.29, 1.82) is 0 Å². The number of Topliss-reactive ketones (excluding diaryl/α,β-unsaturated/α-hetero) is 1. The topological polar surface area (TPSA) is 93.9 Å². The Bertz CT molecular complexity index is 899. The van der Waals surface area contributed by atoms with E-state index in [1.807, 2.05) is 0 Å². The third-order valence-electron chi connectivity index (χ3n) is 5.08. The third kappa shape index (κ3) is 4.11. The standard InChI is InChI=1S/C15H8O5.C7H15NO/c16-6-5-11(17)12-7-10-13(18)8-3-1-2-4-9(8)14(19)15(10)20-12;1-6(2)8-4-7(5-8)9-3/h1-4,6-7H,5H2;6-7H,4-5H2,1-3H3. The van der Waals surface area contributed by atoms with E-state index in [2.05, 4.69) is 18.7 Å². The summed E-state index contributed by atoms with van der Waals surface area (Å²) in [5.74, 6) is -1.62. The number of furan rings is 1. The molecule has 0 bridgehead atoms. The zero-order chi connectivity index (χ0) is 21.1. The van der Waals surface area contributed by atoms with Gasteiger partial charge in [-0.15, -0.1) is 0 Å². The van der Waals surface area contributed by atoms with Crippen molar-refractivity contribution in [3.05, 3.63) is 58.5 Å². The lowest BCUT2D eigenvalue weighted by Crippen LogP contribution is -2.54.